The summed E-state index contributed by atoms with van der Waals surface area (Å²) in [6, 6.07) is 1.69. The second kappa shape index (κ2) is 2.48. The van der Waals surface area contributed by atoms with Crippen LogP contribution in [0.5, 0.6) is 0 Å². The molecule has 0 fully saturated rings. The molecule has 0 spiro atoms. The summed E-state index contributed by atoms with van der Waals surface area (Å²) in [5.74, 6) is -0.0516. The fourth-order valence-electron chi connectivity index (χ4n) is 1.26. The Morgan fingerprint density at radius 1 is 1.54 bits per heavy atom. The molecule has 2 rings (SSSR count). The number of nitrogens with one attached hydrogen (secondary N) is 1. The lowest BCUT2D eigenvalue weighted by molar-refractivity contribution is 0.200. The predicted molar refractivity (Wildman–Crippen MR) is 47.9 cm³/mol. The molecule has 0 bridgehead atoms. The minimum Gasteiger partial charge on any atom is -0.428 e. The number of nitrogens with two attached hydrogens (primary N) is 1. The summed E-state index contributed by atoms with van der Waals surface area (Å²) in [7, 11) is 0. The van der Waals surface area contributed by atoms with Crippen molar-refractivity contribution in [3.63, 3.8) is 0 Å². The Morgan fingerprint density at radius 3 is 3.00 bits per heavy atom. The van der Waals surface area contributed by atoms with Gasteiger partial charge in [0.15, 0.2) is 0 Å². The maximum Gasteiger partial charge on any atom is 0.125 e. The lowest BCUT2D eigenvalue weighted by atomic mass is 10.2. The number of fused-ring (bicyclic) bond motifs is 1. The Bertz CT molecular complexity index is 474. The van der Waals surface area contributed by atoms with Gasteiger partial charge in [-0.15, -0.1) is 0 Å². The number of aromatic nitrogens is 2. The Hall–Kier alpha value is -2.04. The number of hydrogen-bond acceptors (Lipinski definition) is 3. The summed E-state index contributed by atoms with van der Waals surface area (Å²) in [5.41, 5.74) is 6.42. The summed E-state index contributed by atoms with van der Waals surface area (Å²) in [4.78, 5) is 3.87. The van der Waals surface area contributed by atoms with Gasteiger partial charge in [-0.25, -0.2) is 0 Å². The molecule has 0 saturated heterocycles. The van der Waals surface area contributed by atoms with Crippen LogP contribution < -0.4 is 5.73 Å². The fraction of sp³-hybridized carbons (Fsp3) is 0. The number of nitrogen functional groups attached to an aromatic ring is 1. The van der Waals surface area contributed by atoms with Gasteiger partial charge in [0, 0.05) is 23.3 Å². The molecule has 2 aromatic heterocycles. The highest BCUT2D eigenvalue weighted by molar-refractivity contribution is 6.06. The molecule has 2 heterocycles. The average Bonchev–Trinajstić information content (AvgIpc) is 2.48. The van der Waals surface area contributed by atoms with Gasteiger partial charge in [-0.2, -0.15) is 4.73 Å². The number of amidine groups is 1. The van der Waals surface area contributed by atoms with Gasteiger partial charge in [-0.3, -0.25) is 10.4 Å². The molecule has 0 aliphatic carbocycles. The molecule has 5 nitrogen and oxygen atoms in total. The number of pyridine rings is 1. The molecule has 0 amide bonds. The van der Waals surface area contributed by atoms with Gasteiger partial charge < -0.3 is 10.9 Å². The Balaban J connectivity index is 2.84. The van der Waals surface area contributed by atoms with E-state index in [-0.39, 0.29) is 5.84 Å². The first-order valence-corrected chi connectivity index (χ1v) is 3.69. The smallest absolute Gasteiger partial charge is 0.125 e. The lowest BCUT2D eigenvalue weighted by Crippen LogP contribution is -2.11. The average molecular weight is 176 g/mol. The second-order valence-electron chi connectivity index (χ2n) is 2.69. The zero-order valence-electron chi connectivity index (χ0n) is 6.73. The standard InChI is InChI=1S/C8H8N4O/c9-8(10)6-3-11-4-7-5(6)1-2-12(7)13/h1-4,13H,(H3,9,10). The van der Waals surface area contributed by atoms with Crippen molar-refractivity contribution in [2.45, 2.75) is 0 Å². The molecule has 5 heteroatoms. The summed E-state index contributed by atoms with van der Waals surface area (Å²) >= 11 is 0. The summed E-state index contributed by atoms with van der Waals surface area (Å²) in [6.45, 7) is 0. The molecule has 0 unspecified atom stereocenters. The van der Waals surface area contributed by atoms with E-state index < -0.39 is 0 Å². The van der Waals surface area contributed by atoms with Crippen molar-refractivity contribution in [2.24, 2.45) is 5.73 Å². The third kappa shape index (κ3) is 1.01. The first-order chi connectivity index (χ1) is 6.20. The van der Waals surface area contributed by atoms with Crippen LogP contribution in [0.4, 0.5) is 0 Å². The highest BCUT2D eigenvalue weighted by atomic mass is 16.5. The monoisotopic (exact) mass is 176 g/mol. The molecular weight excluding hydrogens is 168 g/mol. The molecule has 0 atom stereocenters. The number of nitrogens with zero attached hydrogens (tertiary/aromatic N) is 2. The van der Waals surface area contributed by atoms with Crippen LogP contribution in [0.2, 0.25) is 0 Å². The van der Waals surface area contributed by atoms with E-state index in [1.54, 1.807) is 6.07 Å². The minimum atomic E-state index is -0.0516. The van der Waals surface area contributed by atoms with Crippen LogP contribution in [0, 0.1) is 5.41 Å². The van der Waals surface area contributed by atoms with Gasteiger partial charge in [0.1, 0.15) is 11.4 Å². The predicted octanol–water partition coefficient (Wildman–Crippen LogP) is 0.558. The van der Waals surface area contributed by atoms with Crippen molar-refractivity contribution in [1.82, 2.24) is 9.71 Å². The molecule has 13 heavy (non-hydrogen) atoms. The molecular formula is C8H8N4O. The Kier molecular flexibility index (Phi) is 1.45. The van der Waals surface area contributed by atoms with Crippen LogP contribution in [0.25, 0.3) is 10.9 Å². The van der Waals surface area contributed by atoms with Crippen molar-refractivity contribution in [2.75, 3.05) is 0 Å². The van der Waals surface area contributed by atoms with Crippen LogP contribution in [0.15, 0.2) is 24.7 Å². The van der Waals surface area contributed by atoms with Crippen molar-refractivity contribution < 1.29 is 5.21 Å². The van der Waals surface area contributed by atoms with Crippen LogP contribution >= 0.6 is 0 Å². The van der Waals surface area contributed by atoms with E-state index in [2.05, 4.69) is 4.98 Å². The second-order valence-corrected chi connectivity index (χ2v) is 2.69. The van der Waals surface area contributed by atoms with Crippen LogP contribution in [0.1, 0.15) is 5.56 Å². The highest BCUT2D eigenvalue weighted by Crippen LogP contribution is 2.16. The lowest BCUT2D eigenvalue weighted by Gasteiger charge is -1.99. The molecule has 4 N–H and O–H groups in total. The van der Waals surface area contributed by atoms with Gasteiger partial charge >= 0.3 is 0 Å². The van der Waals surface area contributed by atoms with Gasteiger partial charge in [0.05, 0.1) is 6.20 Å². The van der Waals surface area contributed by atoms with Crippen molar-refractivity contribution in [3.05, 3.63) is 30.2 Å². The summed E-state index contributed by atoms with van der Waals surface area (Å²) in [6.07, 6.45) is 4.51. The third-order valence-electron chi connectivity index (χ3n) is 1.89. The maximum absolute atomic E-state index is 9.28. The molecule has 0 saturated carbocycles. The topological polar surface area (TPSA) is 87.9 Å². The zero-order chi connectivity index (χ0) is 9.42. The highest BCUT2D eigenvalue weighted by Gasteiger charge is 2.06. The van der Waals surface area contributed by atoms with Crippen LogP contribution in [-0.4, -0.2) is 20.8 Å². The van der Waals surface area contributed by atoms with E-state index in [9.17, 15) is 5.21 Å². The van der Waals surface area contributed by atoms with E-state index in [0.29, 0.717) is 11.1 Å². The Labute approximate surface area is 73.9 Å². The third-order valence-corrected chi connectivity index (χ3v) is 1.89. The Morgan fingerprint density at radius 2 is 2.31 bits per heavy atom. The first kappa shape index (κ1) is 7.60. The van der Waals surface area contributed by atoms with Gasteiger partial charge in [0.25, 0.3) is 0 Å². The van der Waals surface area contributed by atoms with Crippen LogP contribution in [-0.2, 0) is 0 Å². The van der Waals surface area contributed by atoms with Gasteiger partial charge in [-0.05, 0) is 6.07 Å². The first-order valence-electron chi connectivity index (χ1n) is 3.69. The molecule has 66 valence electrons. The fourth-order valence-corrected chi connectivity index (χ4v) is 1.26. The summed E-state index contributed by atoms with van der Waals surface area (Å²) in [5, 5.41) is 17.3. The van der Waals surface area contributed by atoms with Gasteiger partial charge in [-0.1, -0.05) is 0 Å². The maximum atomic E-state index is 9.28. The molecule has 0 aromatic carbocycles. The largest absolute Gasteiger partial charge is 0.428 e. The number of hydrogen-bond donors (Lipinski definition) is 3. The van der Waals surface area contributed by atoms with E-state index >= 15 is 0 Å². The van der Waals surface area contributed by atoms with E-state index in [1.165, 1.54) is 18.6 Å². The minimum absolute atomic E-state index is 0.0516. The van der Waals surface area contributed by atoms with E-state index in [4.69, 9.17) is 11.1 Å². The molecule has 0 aliphatic rings. The van der Waals surface area contributed by atoms with Crippen LogP contribution in [0.3, 0.4) is 0 Å². The number of rotatable bonds is 1. The van der Waals surface area contributed by atoms with E-state index in [0.717, 1.165) is 10.1 Å². The SMILES string of the molecule is N=C(N)c1cncc2c1ccn2O. The van der Waals surface area contributed by atoms with E-state index in [1.807, 2.05) is 0 Å². The van der Waals surface area contributed by atoms with Crippen molar-refractivity contribution in [3.8, 4) is 0 Å². The molecule has 0 radical (unpaired) electrons. The molecule has 2 aromatic rings. The van der Waals surface area contributed by atoms with Crippen molar-refractivity contribution in [1.29, 1.82) is 5.41 Å². The summed E-state index contributed by atoms with van der Waals surface area (Å²) < 4.78 is 0.953. The van der Waals surface area contributed by atoms with Gasteiger partial charge in [0.2, 0.25) is 0 Å². The normalized spacial score (nSPS) is 10.5. The zero-order valence-corrected chi connectivity index (χ0v) is 6.73. The van der Waals surface area contributed by atoms with Crippen molar-refractivity contribution >= 4 is 16.7 Å². The quantitative estimate of drug-likeness (QED) is 0.337. The molecule has 0 aliphatic heterocycles.